The molecule has 1 N–H and O–H groups in total. The van der Waals surface area contributed by atoms with E-state index in [1.54, 1.807) is 10.7 Å². The smallest absolute Gasteiger partial charge is 0.196 e. The summed E-state index contributed by atoms with van der Waals surface area (Å²) < 4.78 is 31.4. The van der Waals surface area contributed by atoms with Crippen LogP contribution in [0.1, 0.15) is 35.9 Å². The zero-order chi connectivity index (χ0) is 29.6. The number of Topliss-reactive ketones (excluding diaryl/α,β-unsaturated/α-hetero) is 1. The number of carbonyl (C=O) groups is 1. The summed E-state index contributed by atoms with van der Waals surface area (Å²) in [4.78, 5) is 22.3. The molecule has 0 atom stereocenters. The summed E-state index contributed by atoms with van der Waals surface area (Å²) in [5.41, 5.74) is 5.88. The maximum absolute atomic E-state index is 13.2. The highest BCUT2D eigenvalue weighted by Gasteiger charge is 2.27. The number of ether oxygens (including phenoxy) is 1. The molecule has 42 heavy (non-hydrogen) atoms. The molecule has 220 valence electrons. The number of aliphatic hydroxyl groups is 1. The van der Waals surface area contributed by atoms with Gasteiger partial charge in [-0.1, -0.05) is 32.0 Å². The standard InChI is InChI=1S/C31H35N5O5S/c1-20(2)30-29-26(21-7-9-22(10-8-21)34-11-13-41-14-12-34)16-27(28(38)19-42(3,39)40)32-31(29)36(33-30)24-6-4-5-23(15-24)35-17-25(37)18-35/h4-10,15-16,20,25,37H,11-14,17-19H2,1-3H3. The number of anilines is 2. The summed E-state index contributed by atoms with van der Waals surface area (Å²) in [5.74, 6) is -1.14. The molecule has 2 fully saturated rings. The van der Waals surface area contributed by atoms with Gasteiger partial charge in [-0.05, 0) is 53.4 Å². The molecular formula is C31H35N5O5S. The zero-order valence-electron chi connectivity index (χ0n) is 24.0. The van der Waals surface area contributed by atoms with Crippen LogP contribution in [0.15, 0.2) is 54.6 Å². The van der Waals surface area contributed by atoms with Crippen molar-refractivity contribution in [3.63, 3.8) is 0 Å². The van der Waals surface area contributed by atoms with Crippen LogP contribution in [0, 0.1) is 0 Å². The van der Waals surface area contributed by atoms with E-state index in [1.165, 1.54) is 0 Å². The molecule has 2 saturated heterocycles. The summed E-state index contributed by atoms with van der Waals surface area (Å²) in [6.45, 7) is 8.28. The van der Waals surface area contributed by atoms with E-state index in [9.17, 15) is 18.3 Å². The Balaban J connectivity index is 1.52. The van der Waals surface area contributed by atoms with Gasteiger partial charge in [-0.2, -0.15) is 5.10 Å². The van der Waals surface area contributed by atoms with Crippen molar-refractivity contribution in [2.75, 3.05) is 61.2 Å². The van der Waals surface area contributed by atoms with Gasteiger partial charge in [0.05, 0.1) is 36.1 Å². The second-order valence-corrected chi connectivity index (χ2v) is 13.6. The Morgan fingerprint density at radius 3 is 2.33 bits per heavy atom. The predicted molar refractivity (Wildman–Crippen MR) is 164 cm³/mol. The summed E-state index contributed by atoms with van der Waals surface area (Å²) in [5, 5.41) is 15.6. The molecular weight excluding hydrogens is 554 g/mol. The Morgan fingerprint density at radius 2 is 1.69 bits per heavy atom. The molecule has 0 bridgehead atoms. The van der Waals surface area contributed by atoms with Gasteiger partial charge in [0.15, 0.2) is 21.3 Å². The number of aromatic nitrogens is 3. The number of hydrogen-bond acceptors (Lipinski definition) is 9. The van der Waals surface area contributed by atoms with E-state index in [-0.39, 0.29) is 17.7 Å². The molecule has 11 heteroatoms. The number of β-amino-alcohol motifs (C(OH)–C–C–N with tert-alkyl or cyclic N) is 1. The van der Waals surface area contributed by atoms with Gasteiger partial charge in [0.2, 0.25) is 0 Å². The summed E-state index contributed by atoms with van der Waals surface area (Å²) in [6.07, 6.45) is 0.711. The summed E-state index contributed by atoms with van der Waals surface area (Å²) in [6, 6.07) is 17.7. The highest BCUT2D eigenvalue weighted by atomic mass is 32.2. The number of ketones is 1. The van der Waals surface area contributed by atoms with Crippen molar-refractivity contribution in [3.8, 4) is 16.8 Å². The van der Waals surface area contributed by atoms with Gasteiger partial charge in [0.1, 0.15) is 11.4 Å². The molecule has 0 radical (unpaired) electrons. The largest absolute Gasteiger partial charge is 0.389 e. The van der Waals surface area contributed by atoms with E-state index in [0.717, 1.165) is 58.6 Å². The minimum atomic E-state index is -3.56. The van der Waals surface area contributed by atoms with Crippen LogP contribution in [0.25, 0.3) is 27.8 Å². The Morgan fingerprint density at radius 1 is 1.00 bits per heavy atom. The van der Waals surface area contributed by atoms with Crippen LogP contribution in [0.4, 0.5) is 11.4 Å². The Labute approximate surface area is 245 Å². The van der Waals surface area contributed by atoms with Crippen molar-refractivity contribution in [1.82, 2.24) is 14.8 Å². The number of morpholine rings is 1. The highest BCUT2D eigenvalue weighted by Crippen LogP contribution is 2.37. The second-order valence-electron chi connectivity index (χ2n) is 11.4. The Hall–Kier alpha value is -3.80. The molecule has 0 amide bonds. The molecule has 10 nitrogen and oxygen atoms in total. The third-order valence-corrected chi connectivity index (χ3v) is 8.53. The summed E-state index contributed by atoms with van der Waals surface area (Å²) >= 11 is 0. The number of rotatable bonds is 8. The van der Waals surface area contributed by atoms with Crippen LogP contribution in [0.3, 0.4) is 0 Å². The number of pyridine rings is 1. The second kappa shape index (κ2) is 11.1. The normalized spacial score (nSPS) is 16.3. The average Bonchev–Trinajstić information content (AvgIpc) is 3.35. The van der Waals surface area contributed by atoms with Gasteiger partial charge in [-0.25, -0.2) is 18.1 Å². The number of benzene rings is 2. The third-order valence-electron chi connectivity index (χ3n) is 7.75. The van der Waals surface area contributed by atoms with Crippen molar-refractivity contribution in [3.05, 3.63) is 66.0 Å². The molecule has 2 aliphatic rings. The minimum absolute atomic E-state index is 0.0493. The third kappa shape index (κ3) is 5.64. The van der Waals surface area contributed by atoms with Gasteiger partial charge >= 0.3 is 0 Å². The van der Waals surface area contributed by atoms with Crippen molar-refractivity contribution in [2.24, 2.45) is 0 Å². The first-order chi connectivity index (χ1) is 20.1. The first-order valence-corrected chi connectivity index (χ1v) is 16.2. The molecule has 0 aliphatic carbocycles. The lowest BCUT2D eigenvalue weighted by molar-refractivity contribution is 0.101. The minimum Gasteiger partial charge on any atom is -0.389 e. The first-order valence-electron chi connectivity index (χ1n) is 14.2. The lowest BCUT2D eigenvalue weighted by atomic mass is 9.97. The van der Waals surface area contributed by atoms with Crippen LogP contribution in [-0.4, -0.2) is 91.6 Å². The van der Waals surface area contributed by atoms with Crippen LogP contribution < -0.4 is 9.80 Å². The van der Waals surface area contributed by atoms with E-state index < -0.39 is 21.4 Å². The van der Waals surface area contributed by atoms with E-state index in [2.05, 4.69) is 35.8 Å². The van der Waals surface area contributed by atoms with Crippen molar-refractivity contribution in [2.45, 2.75) is 25.9 Å². The molecule has 0 unspecified atom stereocenters. The number of sulfone groups is 1. The van der Waals surface area contributed by atoms with Crippen molar-refractivity contribution < 1.29 is 23.1 Å². The molecule has 4 heterocycles. The zero-order valence-corrected chi connectivity index (χ0v) is 24.8. The summed E-state index contributed by atoms with van der Waals surface area (Å²) in [7, 11) is -3.56. The fourth-order valence-corrected chi connectivity index (χ4v) is 6.19. The van der Waals surface area contributed by atoms with Crippen LogP contribution in [-0.2, 0) is 14.6 Å². The number of nitrogens with zero attached hydrogens (tertiary/aromatic N) is 5. The SMILES string of the molecule is CC(C)c1nn(-c2cccc(N3CC(O)C3)c2)c2nc(C(=O)CS(C)(=O)=O)cc(-c3ccc(N4CCOCC4)cc3)c12. The molecule has 6 rings (SSSR count). The van der Waals surface area contributed by atoms with Crippen LogP contribution in [0.5, 0.6) is 0 Å². The van der Waals surface area contributed by atoms with E-state index >= 15 is 0 Å². The predicted octanol–water partition coefficient (Wildman–Crippen LogP) is 3.46. The van der Waals surface area contributed by atoms with Gasteiger partial charge < -0.3 is 19.6 Å². The fraction of sp³-hybridized carbons (Fsp3) is 0.387. The lowest BCUT2D eigenvalue weighted by Crippen LogP contribution is -2.50. The number of hydrogen-bond donors (Lipinski definition) is 1. The topological polar surface area (TPSA) is 118 Å². The molecule has 2 aromatic heterocycles. The molecule has 4 aromatic rings. The van der Waals surface area contributed by atoms with Crippen LogP contribution >= 0.6 is 0 Å². The van der Waals surface area contributed by atoms with E-state index in [0.29, 0.717) is 32.0 Å². The monoisotopic (exact) mass is 589 g/mol. The number of aliphatic hydroxyl groups excluding tert-OH is 1. The van der Waals surface area contributed by atoms with Gasteiger partial charge in [0.25, 0.3) is 0 Å². The fourth-order valence-electron chi connectivity index (χ4n) is 5.57. The van der Waals surface area contributed by atoms with Gasteiger partial charge in [-0.15, -0.1) is 0 Å². The van der Waals surface area contributed by atoms with Gasteiger partial charge in [-0.3, -0.25) is 4.79 Å². The molecule has 0 saturated carbocycles. The molecule has 0 spiro atoms. The quantitative estimate of drug-likeness (QED) is 0.308. The van der Waals surface area contributed by atoms with Crippen molar-refractivity contribution in [1.29, 1.82) is 0 Å². The maximum atomic E-state index is 13.2. The van der Waals surface area contributed by atoms with E-state index in [1.807, 2.05) is 36.4 Å². The Kier molecular flexibility index (Phi) is 7.50. The van der Waals surface area contributed by atoms with E-state index in [4.69, 9.17) is 14.8 Å². The maximum Gasteiger partial charge on any atom is 0.196 e. The van der Waals surface area contributed by atoms with Crippen molar-refractivity contribution >= 4 is 38.0 Å². The lowest BCUT2D eigenvalue weighted by Gasteiger charge is -2.38. The van der Waals surface area contributed by atoms with Gasteiger partial charge in [0, 0.05) is 43.8 Å². The first kappa shape index (κ1) is 28.3. The number of fused-ring (bicyclic) bond motifs is 1. The Bertz CT molecular complexity index is 1740. The average molecular weight is 590 g/mol. The molecule has 2 aromatic carbocycles. The number of carbonyl (C=O) groups excluding carboxylic acids is 1. The molecule has 2 aliphatic heterocycles. The highest BCUT2D eigenvalue weighted by molar-refractivity contribution is 7.91. The van der Waals surface area contributed by atoms with Crippen LogP contribution in [0.2, 0.25) is 0 Å².